The molecule has 2 aromatic heterocycles. The average molecular weight is 381 g/mol. The van der Waals surface area contributed by atoms with Gasteiger partial charge in [-0.1, -0.05) is 19.1 Å². The first-order valence-electron chi connectivity index (χ1n) is 9.80. The maximum Gasteiger partial charge on any atom is 0.164 e. The Bertz CT molecular complexity index is 984. The molecule has 3 aromatic rings. The minimum Gasteiger partial charge on any atom is -0.493 e. The minimum absolute atomic E-state index is 0.362. The van der Waals surface area contributed by atoms with Crippen LogP contribution in [-0.4, -0.2) is 47.1 Å². The van der Waals surface area contributed by atoms with E-state index >= 15 is 0 Å². The van der Waals surface area contributed by atoms with Crippen LogP contribution in [0.3, 0.4) is 0 Å². The molecule has 7 heteroatoms. The second kappa shape index (κ2) is 7.66. The third-order valence-electron chi connectivity index (χ3n) is 5.45. The normalized spacial score (nSPS) is 16.7. The van der Waals surface area contributed by atoms with E-state index in [1.807, 2.05) is 30.1 Å². The Morgan fingerprint density at radius 1 is 1.18 bits per heavy atom. The topological polar surface area (TPSA) is 65.3 Å². The van der Waals surface area contributed by atoms with Gasteiger partial charge in [-0.25, -0.2) is 9.97 Å². The summed E-state index contributed by atoms with van der Waals surface area (Å²) in [6.07, 6.45) is 4.81. The van der Waals surface area contributed by atoms with Crippen molar-refractivity contribution < 1.29 is 9.47 Å². The first kappa shape index (κ1) is 18.5. The van der Waals surface area contributed by atoms with Crippen LogP contribution in [0.5, 0.6) is 11.5 Å². The van der Waals surface area contributed by atoms with Gasteiger partial charge in [0.05, 0.1) is 25.8 Å². The molecular formula is C21H27N5O2. The van der Waals surface area contributed by atoms with E-state index in [4.69, 9.17) is 19.4 Å². The van der Waals surface area contributed by atoms with Crippen LogP contribution >= 0.6 is 0 Å². The summed E-state index contributed by atoms with van der Waals surface area (Å²) in [5, 5.41) is 5.42. The Morgan fingerprint density at radius 3 is 2.79 bits per heavy atom. The van der Waals surface area contributed by atoms with Gasteiger partial charge in [-0.05, 0) is 18.9 Å². The number of aryl methyl sites for hydroxylation is 2. The smallest absolute Gasteiger partial charge is 0.164 e. The van der Waals surface area contributed by atoms with Gasteiger partial charge < -0.3 is 14.4 Å². The van der Waals surface area contributed by atoms with Gasteiger partial charge in [0.25, 0.3) is 0 Å². The number of benzene rings is 1. The first-order chi connectivity index (χ1) is 13.7. The van der Waals surface area contributed by atoms with Crippen molar-refractivity contribution in [2.24, 2.45) is 7.05 Å². The second-order valence-electron chi connectivity index (χ2n) is 7.23. The summed E-state index contributed by atoms with van der Waals surface area (Å²) in [6, 6.07) is 6.11. The molecule has 4 rings (SSSR count). The number of hydrogen-bond acceptors (Lipinski definition) is 6. The highest BCUT2D eigenvalue weighted by Gasteiger charge is 2.30. The van der Waals surface area contributed by atoms with Crippen LogP contribution in [0.4, 0.5) is 5.82 Å². The van der Waals surface area contributed by atoms with Crippen LogP contribution in [0.2, 0.25) is 0 Å². The maximum absolute atomic E-state index is 5.66. The molecule has 7 nitrogen and oxygen atoms in total. The van der Waals surface area contributed by atoms with Gasteiger partial charge >= 0.3 is 0 Å². The molecular weight excluding hydrogens is 354 g/mol. The van der Waals surface area contributed by atoms with Crippen LogP contribution in [0.1, 0.15) is 37.1 Å². The van der Waals surface area contributed by atoms with Crippen molar-refractivity contribution in [1.82, 2.24) is 19.7 Å². The van der Waals surface area contributed by atoms with E-state index in [0.29, 0.717) is 5.92 Å². The lowest BCUT2D eigenvalue weighted by Crippen LogP contribution is -2.21. The lowest BCUT2D eigenvalue weighted by Gasteiger charge is -2.20. The SMILES string of the molecule is CCCc1nc(N2CCC(c3cccc(OC)c3OC)C2)c2cnn(C)c2n1. The first-order valence-corrected chi connectivity index (χ1v) is 9.80. The van der Waals surface area contributed by atoms with Crippen molar-refractivity contribution >= 4 is 16.9 Å². The summed E-state index contributed by atoms with van der Waals surface area (Å²) in [4.78, 5) is 12.0. The molecule has 0 aliphatic carbocycles. The molecule has 0 N–H and O–H groups in total. The lowest BCUT2D eigenvalue weighted by molar-refractivity contribution is 0.350. The molecule has 0 radical (unpaired) electrons. The molecule has 0 bridgehead atoms. The molecule has 0 saturated carbocycles. The fourth-order valence-corrected chi connectivity index (χ4v) is 4.07. The van der Waals surface area contributed by atoms with Gasteiger partial charge in [-0.2, -0.15) is 5.10 Å². The number of aromatic nitrogens is 4. The van der Waals surface area contributed by atoms with Gasteiger partial charge in [-0.15, -0.1) is 0 Å². The fraction of sp³-hybridized carbons (Fsp3) is 0.476. The number of para-hydroxylation sites is 1. The number of methoxy groups -OCH3 is 2. The molecule has 1 aliphatic heterocycles. The average Bonchev–Trinajstić information content (AvgIpc) is 3.34. The van der Waals surface area contributed by atoms with Gasteiger partial charge in [-0.3, -0.25) is 4.68 Å². The summed E-state index contributed by atoms with van der Waals surface area (Å²) in [6.45, 7) is 3.98. The number of hydrogen-bond donors (Lipinski definition) is 0. The fourth-order valence-electron chi connectivity index (χ4n) is 4.07. The highest BCUT2D eigenvalue weighted by molar-refractivity contribution is 5.87. The summed E-state index contributed by atoms with van der Waals surface area (Å²) in [7, 11) is 5.31. The van der Waals surface area contributed by atoms with Crippen molar-refractivity contribution in [3.63, 3.8) is 0 Å². The number of nitrogens with zero attached hydrogens (tertiary/aromatic N) is 5. The number of anilines is 1. The highest BCUT2D eigenvalue weighted by Crippen LogP contribution is 2.40. The maximum atomic E-state index is 5.66. The molecule has 1 saturated heterocycles. The van der Waals surface area contributed by atoms with Crippen LogP contribution in [-0.2, 0) is 13.5 Å². The number of rotatable bonds is 6. The standard InChI is InChI=1S/C21H27N5O2/c1-5-7-18-23-20-16(12-22-25(20)2)21(24-18)26-11-10-14(13-26)15-8-6-9-17(27-3)19(15)28-4/h6,8-9,12,14H,5,7,10-11,13H2,1-4H3. The Kier molecular flexibility index (Phi) is 5.07. The predicted octanol–water partition coefficient (Wildman–Crippen LogP) is 3.33. The zero-order chi connectivity index (χ0) is 19.7. The van der Waals surface area contributed by atoms with Crippen LogP contribution in [0, 0.1) is 0 Å². The molecule has 1 aliphatic rings. The molecule has 148 valence electrons. The van der Waals surface area contributed by atoms with E-state index in [1.165, 1.54) is 5.56 Å². The van der Waals surface area contributed by atoms with Gasteiger partial charge in [0.15, 0.2) is 17.1 Å². The summed E-state index contributed by atoms with van der Waals surface area (Å²) in [5.41, 5.74) is 2.09. The molecule has 3 heterocycles. The van der Waals surface area contributed by atoms with Gasteiger partial charge in [0.1, 0.15) is 11.6 Å². The van der Waals surface area contributed by atoms with Gasteiger partial charge in [0.2, 0.25) is 0 Å². The van der Waals surface area contributed by atoms with Crippen LogP contribution < -0.4 is 14.4 Å². The molecule has 1 aromatic carbocycles. The highest BCUT2D eigenvalue weighted by atomic mass is 16.5. The molecule has 0 spiro atoms. The number of fused-ring (bicyclic) bond motifs is 1. The van der Waals surface area contributed by atoms with Crippen molar-refractivity contribution in [1.29, 1.82) is 0 Å². The molecule has 28 heavy (non-hydrogen) atoms. The monoisotopic (exact) mass is 381 g/mol. The molecule has 1 unspecified atom stereocenters. The Balaban J connectivity index is 1.68. The third kappa shape index (κ3) is 3.15. The van der Waals surface area contributed by atoms with E-state index < -0.39 is 0 Å². The lowest BCUT2D eigenvalue weighted by atomic mass is 9.97. The molecule has 0 amide bonds. The largest absolute Gasteiger partial charge is 0.493 e. The van der Waals surface area contributed by atoms with E-state index in [0.717, 1.165) is 66.5 Å². The van der Waals surface area contributed by atoms with Crippen molar-refractivity contribution in [3.05, 3.63) is 35.8 Å². The zero-order valence-corrected chi connectivity index (χ0v) is 17.0. The van der Waals surface area contributed by atoms with Crippen molar-refractivity contribution in [2.75, 3.05) is 32.2 Å². The zero-order valence-electron chi connectivity index (χ0n) is 17.0. The Hall–Kier alpha value is -2.83. The van der Waals surface area contributed by atoms with Gasteiger partial charge in [0, 0.05) is 38.0 Å². The van der Waals surface area contributed by atoms with Crippen LogP contribution in [0.15, 0.2) is 24.4 Å². The van der Waals surface area contributed by atoms with Crippen LogP contribution in [0.25, 0.3) is 11.0 Å². The summed E-state index contributed by atoms with van der Waals surface area (Å²) in [5.74, 6) is 3.85. The summed E-state index contributed by atoms with van der Waals surface area (Å²) >= 11 is 0. The molecule has 1 atom stereocenters. The van der Waals surface area contributed by atoms with E-state index in [1.54, 1.807) is 14.2 Å². The van der Waals surface area contributed by atoms with Crippen molar-refractivity contribution in [3.8, 4) is 11.5 Å². The van der Waals surface area contributed by atoms with Crippen molar-refractivity contribution in [2.45, 2.75) is 32.1 Å². The predicted molar refractivity (Wildman–Crippen MR) is 109 cm³/mol. The van der Waals surface area contributed by atoms with E-state index in [2.05, 4.69) is 23.0 Å². The quantitative estimate of drug-likeness (QED) is 0.653. The third-order valence-corrected chi connectivity index (χ3v) is 5.45. The Labute approximate surface area is 165 Å². The summed E-state index contributed by atoms with van der Waals surface area (Å²) < 4.78 is 13.0. The second-order valence-corrected chi connectivity index (χ2v) is 7.23. The number of ether oxygens (including phenoxy) is 2. The van der Waals surface area contributed by atoms with E-state index in [-0.39, 0.29) is 0 Å². The van der Waals surface area contributed by atoms with E-state index in [9.17, 15) is 0 Å². The minimum atomic E-state index is 0.362. The molecule has 1 fully saturated rings. The Morgan fingerprint density at radius 2 is 2.04 bits per heavy atom.